The largest absolute Gasteiger partial charge is 0.308 e. The molecule has 7 aromatic rings. The van der Waals surface area contributed by atoms with Crippen molar-refractivity contribution in [1.29, 1.82) is 10.5 Å². The molecule has 4 nitrogen and oxygen atoms in total. The number of benzene rings is 7. The standard InChI is InChI=1S/C54H40F4N4/c1-51(2)41-25-13-11-21-35(41)37-23-15-27-43(45(37)51)61(33-17-7-5-8-18-33)49-39(31-59)40(32-60)50(48-47(49)53(55,56)29-30-54(48,57)58)62(34-19-9-6-10-20-34)44-28-16-24-38-36-22-12-14-26-42(36)52(3,4)46(38)44/h5-28H,29-30H2,1-4H3. The van der Waals surface area contributed by atoms with Gasteiger partial charge in [0, 0.05) is 35.0 Å². The third kappa shape index (κ3) is 5.42. The molecule has 304 valence electrons. The second-order valence-electron chi connectivity index (χ2n) is 17.4. The predicted octanol–water partition coefficient (Wildman–Crippen LogP) is 15.0. The molecule has 0 saturated heterocycles. The van der Waals surface area contributed by atoms with E-state index < -0.39 is 69.1 Å². The maximum Gasteiger partial charge on any atom is 0.276 e. The van der Waals surface area contributed by atoms with Gasteiger partial charge in [-0.25, -0.2) is 17.6 Å². The Hall–Kier alpha value is -7.16. The number of nitriles is 2. The molecular weight excluding hydrogens is 781 g/mol. The van der Waals surface area contributed by atoms with Crippen molar-refractivity contribution in [2.24, 2.45) is 0 Å². The Bertz CT molecular complexity index is 2860. The maximum absolute atomic E-state index is 17.6. The van der Waals surface area contributed by atoms with Crippen molar-refractivity contribution in [2.45, 2.75) is 63.2 Å². The highest BCUT2D eigenvalue weighted by Crippen LogP contribution is 2.63. The third-order valence-corrected chi connectivity index (χ3v) is 13.2. The number of rotatable bonds is 6. The monoisotopic (exact) mass is 820 g/mol. The molecule has 0 radical (unpaired) electrons. The highest BCUT2D eigenvalue weighted by Gasteiger charge is 2.56. The van der Waals surface area contributed by atoms with E-state index in [1.807, 2.05) is 100 Å². The quantitative estimate of drug-likeness (QED) is 0.157. The lowest BCUT2D eigenvalue weighted by Crippen LogP contribution is -2.36. The van der Waals surface area contributed by atoms with Crippen molar-refractivity contribution in [2.75, 3.05) is 9.80 Å². The molecule has 0 saturated carbocycles. The van der Waals surface area contributed by atoms with Crippen molar-refractivity contribution in [3.05, 3.63) is 190 Å². The van der Waals surface area contributed by atoms with E-state index >= 15 is 17.6 Å². The first-order valence-electron chi connectivity index (χ1n) is 20.7. The Morgan fingerprint density at radius 2 is 0.758 bits per heavy atom. The first kappa shape index (κ1) is 39.0. The lowest BCUT2D eigenvalue weighted by molar-refractivity contribution is -0.0948. The highest BCUT2D eigenvalue weighted by atomic mass is 19.3. The van der Waals surface area contributed by atoms with Gasteiger partial charge in [-0.3, -0.25) is 0 Å². The van der Waals surface area contributed by atoms with Gasteiger partial charge in [-0.05, 0) is 80.9 Å². The van der Waals surface area contributed by atoms with Crippen molar-refractivity contribution in [3.8, 4) is 34.4 Å². The zero-order valence-corrected chi connectivity index (χ0v) is 34.6. The van der Waals surface area contributed by atoms with E-state index in [4.69, 9.17) is 0 Å². The van der Waals surface area contributed by atoms with Crippen LogP contribution in [0.25, 0.3) is 22.3 Å². The molecule has 0 fully saturated rings. The van der Waals surface area contributed by atoms with E-state index in [2.05, 4.69) is 12.1 Å². The zero-order valence-electron chi connectivity index (χ0n) is 34.6. The van der Waals surface area contributed by atoms with E-state index in [1.165, 1.54) is 9.80 Å². The molecular formula is C54H40F4N4. The normalized spacial score (nSPS) is 16.4. The Morgan fingerprint density at radius 3 is 1.13 bits per heavy atom. The molecule has 0 unspecified atom stereocenters. The average molecular weight is 821 g/mol. The second-order valence-corrected chi connectivity index (χ2v) is 17.4. The molecule has 62 heavy (non-hydrogen) atoms. The van der Waals surface area contributed by atoms with Gasteiger partial charge in [0.25, 0.3) is 11.8 Å². The number of para-hydroxylation sites is 2. The fraction of sp³-hybridized carbons (Fsp3) is 0.185. The Morgan fingerprint density at radius 1 is 0.419 bits per heavy atom. The number of nitrogens with zero attached hydrogens (tertiary/aromatic N) is 4. The van der Waals surface area contributed by atoms with Crippen molar-refractivity contribution in [3.63, 3.8) is 0 Å². The molecule has 0 amide bonds. The predicted molar refractivity (Wildman–Crippen MR) is 237 cm³/mol. The molecule has 10 rings (SSSR count). The molecule has 7 aromatic carbocycles. The zero-order chi connectivity index (χ0) is 43.3. The summed E-state index contributed by atoms with van der Waals surface area (Å²) in [5.74, 6) is -7.72. The molecule has 3 aliphatic rings. The lowest BCUT2D eigenvalue weighted by Gasteiger charge is -2.42. The average Bonchev–Trinajstić information content (AvgIpc) is 3.66. The Labute approximate surface area is 358 Å². The molecule has 3 aliphatic carbocycles. The highest BCUT2D eigenvalue weighted by molar-refractivity contribution is 5.98. The van der Waals surface area contributed by atoms with E-state index in [0.717, 1.165) is 44.5 Å². The van der Waals surface area contributed by atoms with E-state index in [9.17, 15) is 10.5 Å². The Kier molecular flexibility index (Phi) is 8.60. The summed E-state index contributed by atoms with van der Waals surface area (Å²) < 4.78 is 70.3. The van der Waals surface area contributed by atoms with Crippen LogP contribution in [-0.2, 0) is 22.7 Å². The summed E-state index contributed by atoms with van der Waals surface area (Å²) in [5.41, 5.74) is 3.87. The molecule has 0 atom stereocenters. The van der Waals surface area contributed by atoms with Crippen LogP contribution < -0.4 is 9.80 Å². The lowest BCUT2D eigenvalue weighted by atomic mass is 9.77. The number of anilines is 6. The van der Waals surface area contributed by atoms with Gasteiger partial charge in [0.1, 0.15) is 12.1 Å². The number of hydrogen-bond acceptors (Lipinski definition) is 4. The van der Waals surface area contributed by atoms with Gasteiger partial charge in [-0.1, -0.05) is 137 Å². The molecule has 0 heterocycles. The fourth-order valence-electron chi connectivity index (χ4n) is 10.6. The first-order chi connectivity index (χ1) is 29.7. The van der Waals surface area contributed by atoms with Gasteiger partial charge in [-0.15, -0.1) is 0 Å². The van der Waals surface area contributed by atoms with E-state index in [0.29, 0.717) is 22.7 Å². The van der Waals surface area contributed by atoms with Gasteiger partial charge in [0.2, 0.25) is 0 Å². The van der Waals surface area contributed by atoms with Crippen LogP contribution in [0.1, 0.15) is 85.0 Å². The van der Waals surface area contributed by atoms with Gasteiger partial charge < -0.3 is 9.80 Å². The summed E-state index contributed by atoms with van der Waals surface area (Å²) in [6, 6.07) is 48.7. The first-order valence-corrected chi connectivity index (χ1v) is 20.7. The molecule has 8 heteroatoms. The van der Waals surface area contributed by atoms with Crippen LogP contribution in [0.5, 0.6) is 0 Å². The second kappa shape index (κ2) is 13.7. The Balaban J connectivity index is 1.37. The topological polar surface area (TPSA) is 54.1 Å². The van der Waals surface area contributed by atoms with Crippen LogP contribution in [0, 0.1) is 22.7 Å². The van der Waals surface area contributed by atoms with Crippen LogP contribution >= 0.6 is 0 Å². The van der Waals surface area contributed by atoms with Crippen LogP contribution in [0.3, 0.4) is 0 Å². The minimum absolute atomic E-state index is 0.369. The van der Waals surface area contributed by atoms with Gasteiger partial charge in [-0.2, -0.15) is 10.5 Å². The number of alkyl halides is 4. The summed E-state index contributed by atoms with van der Waals surface area (Å²) in [5, 5.41) is 22.9. The van der Waals surface area contributed by atoms with E-state index in [1.54, 1.807) is 72.8 Å². The SMILES string of the molecule is CC1(C)c2ccccc2-c2cccc(N(c3ccccc3)c3c(C#N)c(C#N)c(N(c4ccccc4)c4cccc5c4C(C)(C)c4ccccc4-5)c4c3C(F)(F)CCC4(F)F)c21. The minimum atomic E-state index is -3.86. The third-order valence-electron chi connectivity index (χ3n) is 13.2. The van der Waals surface area contributed by atoms with Crippen molar-refractivity contribution >= 4 is 34.1 Å². The maximum atomic E-state index is 17.6. The minimum Gasteiger partial charge on any atom is -0.308 e. The molecule has 0 bridgehead atoms. The fourth-order valence-corrected chi connectivity index (χ4v) is 10.6. The molecule has 0 aromatic heterocycles. The summed E-state index contributed by atoms with van der Waals surface area (Å²) in [6.07, 6.45) is -2.34. The number of fused-ring (bicyclic) bond motifs is 7. The molecule has 0 spiro atoms. The van der Waals surface area contributed by atoms with Crippen LogP contribution in [-0.4, -0.2) is 0 Å². The summed E-state index contributed by atoms with van der Waals surface area (Å²) in [4.78, 5) is 3.05. The van der Waals surface area contributed by atoms with E-state index in [-0.39, 0.29) is 0 Å². The molecule has 0 aliphatic heterocycles. The summed E-state index contributed by atoms with van der Waals surface area (Å²) >= 11 is 0. The molecule has 0 N–H and O–H groups in total. The van der Waals surface area contributed by atoms with Gasteiger partial charge in [0.15, 0.2) is 0 Å². The van der Waals surface area contributed by atoms with Crippen molar-refractivity contribution in [1.82, 2.24) is 0 Å². The van der Waals surface area contributed by atoms with Gasteiger partial charge in [0.05, 0.1) is 45.0 Å². The number of halogens is 4. The van der Waals surface area contributed by atoms with Gasteiger partial charge >= 0.3 is 0 Å². The smallest absolute Gasteiger partial charge is 0.276 e. The van der Waals surface area contributed by atoms with Crippen LogP contribution in [0.2, 0.25) is 0 Å². The van der Waals surface area contributed by atoms with Crippen LogP contribution in [0.4, 0.5) is 51.7 Å². The van der Waals surface area contributed by atoms with Crippen molar-refractivity contribution < 1.29 is 17.6 Å². The summed E-state index contributed by atoms with van der Waals surface area (Å²) in [7, 11) is 0. The summed E-state index contributed by atoms with van der Waals surface area (Å²) in [6.45, 7) is 8.20. The van der Waals surface area contributed by atoms with Crippen LogP contribution in [0.15, 0.2) is 146 Å². The number of hydrogen-bond donors (Lipinski definition) is 0.